The lowest BCUT2D eigenvalue weighted by Gasteiger charge is -2.41. The van der Waals surface area contributed by atoms with E-state index < -0.39 is 98.4 Å². The van der Waals surface area contributed by atoms with Crippen molar-refractivity contribution in [2.75, 3.05) is 95.1 Å². The van der Waals surface area contributed by atoms with Crippen molar-refractivity contribution in [2.24, 2.45) is 0 Å². The number of hydrogen-bond donors (Lipinski definition) is 6. The molecule has 3 saturated heterocycles. The molecule has 1 amide bonds. The number of carbonyl (C=O) groups is 1. The van der Waals surface area contributed by atoms with Crippen molar-refractivity contribution in [2.45, 2.75) is 168 Å². The molecule has 0 radical (unpaired) electrons. The number of halogens is 1. The van der Waals surface area contributed by atoms with Crippen molar-refractivity contribution in [1.82, 2.24) is 39.4 Å². The van der Waals surface area contributed by atoms with Gasteiger partial charge in [0.15, 0.2) is 38.4 Å². The molecule has 31 heteroatoms. The van der Waals surface area contributed by atoms with Crippen LogP contribution in [0.25, 0.3) is 22.2 Å². The van der Waals surface area contributed by atoms with Gasteiger partial charge in [0.2, 0.25) is 12.7 Å². The number of anilines is 3. The smallest absolute Gasteiger partial charge is 0.407 e. The zero-order valence-electron chi connectivity index (χ0n) is 49.7. The molecular formula is C50H90FN13O11P2S2Si2. The maximum Gasteiger partial charge on any atom is 0.407 e. The number of rotatable bonds is 17. The lowest BCUT2D eigenvalue weighted by molar-refractivity contribution is -0.894. The Morgan fingerprint density at radius 3 is 2.17 bits per heavy atom. The summed E-state index contributed by atoms with van der Waals surface area (Å²) in [6, 6.07) is 0.841. The van der Waals surface area contributed by atoms with Crippen LogP contribution in [0.15, 0.2) is 18.9 Å². The van der Waals surface area contributed by atoms with E-state index in [2.05, 4.69) is 102 Å². The van der Waals surface area contributed by atoms with Crippen molar-refractivity contribution < 1.29 is 65.2 Å². The van der Waals surface area contributed by atoms with Crippen LogP contribution in [0.3, 0.4) is 0 Å². The summed E-state index contributed by atoms with van der Waals surface area (Å²) >= 11 is 11.0. The van der Waals surface area contributed by atoms with Gasteiger partial charge in [-0.15, -0.1) is 0 Å². The number of alkyl carbamates (subject to hydrolysis) is 1. The van der Waals surface area contributed by atoms with Gasteiger partial charge in [-0.3, -0.25) is 9.13 Å². The van der Waals surface area contributed by atoms with Crippen LogP contribution in [0.5, 0.6) is 0 Å². The predicted octanol–water partition coefficient (Wildman–Crippen LogP) is 5.13. The van der Waals surface area contributed by atoms with Gasteiger partial charge in [0.05, 0.1) is 70.8 Å². The Hall–Kier alpha value is -2.97. The molecule has 4 aromatic heterocycles. The lowest BCUT2D eigenvalue weighted by atomic mass is 10.1. The summed E-state index contributed by atoms with van der Waals surface area (Å²) in [4.78, 5) is 52.1. The van der Waals surface area contributed by atoms with E-state index in [9.17, 15) is 14.3 Å². The van der Waals surface area contributed by atoms with Crippen LogP contribution in [0.1, 0.15) is 86.8 Å². The highest BCUT2D eigenvalue weighted by molar-refractivity contribution is 8.32. The number of fused-ring (bicyclic) bond motifs is 4. The van der Waals surface area contributed by atoms with Gasteiger partial charge in [0.25, 0.3) is 0 Å². The first-order chi connectivity index (χ1) is 38.1. The Bertz CT molecular complexity index is 2770. The van der Waals surface area contributed by atoms with Gasteiger partial charge in [-0.1, -0.05) is 52.2 Å². The normalized spacial score (nSPS) is 27.2. The quantitative estimate of drug-likeness (QED) is 0.0346. The van der Waals surface area contributed by atoms with Gasteiger partial charge in [0.1, 0.15) is 60.5 Å². The number of nitrogens with two attached hydrogens (primary N) is 1. The van der Waals surface area contributed by atoms with Crippen molar-refractivity contribution in [3.63, 3.8) is 0 Å². The molecule has 2 bridgehead atoms. The fourth-order valence-corrected chi connectivity index (χ4v) is 14.3. The highest BCUT2D eigenvalue weighted by Gasteiger charge is 2.55. The summed E-state index contributed by atoms with van der Waals surface area (Å²) in [5.74, 6) is 0.727. The zero-order chi connectivity index (χ0) is 59.7. The number of amides is 1. The number of aryl methyl sites for hydroxylation is 1. The fourth-order valence-electron chi connectivity index (χ4n) is 9.41. The molecule has 0 aliphatic carbocycles. The van der Waals surface area contributed by atoms with Gasteiger partial charge in [-0.2, -0.15) is 9.97 Å². The van der Waals surface area contributed by atoms with E-state index in [1.807, 2.05) is 33.9 Å². The summed E-state index contributed by atoms with van der Waals surface area (Å²) < 4.78 is 83.4. The second kappa shape index (κ2) is 28.9. The van der Waals surface area contributed by atoms with E-state index in [0.717, 1.165) is 23.4 Å². The van der Waals surface area contributed by atoms with Crippen molar-refractivity contribution in [3.8, 4) is 0 Å². The second-order valence-corrected chi connectivity index (χ2v) is 39.0. The maximum absolute atomic E-state index is 16.9. The average Bonchev–Trinajstić information content (AvgIpc) is 4.33. The molecule has 0 aromatic carbocycles. The molecule has 10 atom stereocenters. The van der Waals surface area contributed by atoms with E-state index in [1.54, 1.807) is 16.0 Å². The number of ether oxygens (including phenoxy) is 3. The highest BCUT2D eigenvalue weighted by Crippen LogP contribution is 2.55. The Kier molecular flexibility index (Phi) is 24.0. The first-order valence-electron chi connectivity index (χ1n) is 28.4. The topological polar surface area (TPSA) is 276 Å². The lowest BCUT2D eigenvalue weighted by Crippen LogP contribution is -3.11. The van der Waals surface area contributed by atoms with Crippen LogP contribution in [0.4, 0.5) is 26.8 Å². The first-order valence-corrected chi connectivity index (χ1v) is 40.1. The van der Waals surface area contributed by atoms with Crippen LogP contribution in [0, 0.1) is 0 Å². The molecular weight excluding hydrogens is 1160 g/mol. The molecule has 24 nitrogen and oxygen atoms in total. The van der Waals surface area contributed by atoms with Gasteiger partial charge < -0.3 is 89.9 Å². The van der Waals surface area contributed by atoms with E-state index in [1.165, 1.54) is 61.1 Å². The summed E-state index contributed by atoms with van der Waals surface area (Å²) in [6.45, 7) is 28.8. The Morgan fingerprint density at radius 1 is 0.914 bits per heavy atom. The number of hydrogen-bond acceptors (Lipinski definition) is 21. The minimum absolute atomic E-state index is 0.0190. The third-order valence-corrected chi connectivity index (χ3v) is 24.7. The highest BCUT2D eigenvalue weighted by atomic mass is 32.7. The van der Waals surface area contributed by atoms with Gasteiger partial charge in [0, 0.05) is 33.9 Å². The van der Waals surface area contributed by atoms with E-state index in [0.29, 0.717) is 31.0 Å². The Balaban J connectivity index is 0.000000669. The Labute approximate surface area is 489 Å². The first kappa shape index (κ1) is 67.2. The van der Waals surface area contributed by atoms with E-state index >= 15 is 4.39 Å². The molecule has 4 aliphatic rings. The fraction of sp³-hybridized carbons (Fsp3) is 0.760. The molecule has 2 unspecified atom stereocenters. The molecule has 458 valence electrons. The number of aromatic nitrogens is 7. The minimum atomic E-state index is -4.58. The minimum Gasteiger partial charge on any atom is -0.780 e. The standard InChI is InChI=1S/C38H60FN11O11P2S2Si2.2C6H15N/c1-38(2,3)67(7,8)61-28-23-18-56-62(52,64)59-27-22(57-34(25(27)39)49-16-21-10-9-11-41-31-24(21)32(49)45-19-44-31)17-55-63(53,65)60-29(28)35(58-23)50-20-46-26-30(40)47-36(48-33(26)50)42-12-13-43-37(51)54-14-15-66(4,5)6;2*1-4-7(5-2)6-3/h16,19-20,22-23,25,27-29,34-35H,9-15,17-18H2,1-8H3,(H,43,51)(H,52,64)(H,53,65)(H,41,44,45)(H3,40,42,47,48);2*4-6H2,1-3H3/t22-,23-,25-,27-,28-,29-,34-,35-,62?,63?;;/m1../s1. The second-order valence-electron chi connectivity index (χ2n) is 23.2. The van der Waals surface area contributed by atoms with Crippen LogP contribution in [0.2, 0.25) is 43.8 Å². The van der Waals surface area contributed by atoms with Crippen LogP contribution < -0.4 is 36.4 Å². The molecule has 3 fully saturated rings. The number of carbonyl (C=O) groups excluding carboxylic acids is 1. The molecule has 0 saturated carbocycles. The number of nitrogens with zero attached hydrogens (tertiary/aromatic N) is 7. The summed E-state index contributed by atoms with van der Waals surface area (Å²) in [5.41, 5.74) is 8.06. The maximum atomic E-state index is 16.9. The third kappa shape index (κ3) is 17.6. The number of alkyl halides is 1. The number of nitrogen functional groups attached to an aromatic ring is 1. The van der Waals surface area contributed by atoms with Crippen LogP contribution in [-0.4, -0.2) is 172 Å². The van der Waals surface area contributed by atoms with Gasteiger partial charge in [-0.05, 0) is 84.1 Å². The molecule has 8 rings (SSSR count). The SMILES string of the molecule is CC(C)(C)[Si](C)(C)O[C@H]1[C@H]2OP(=O)([S-])OC[C@H]3O[C@@H](n4cc5c6c(ncnc64)NCCC5)[C@H](F)[C@@H]3OP([O-])(=S)OC[C@H]1O[C@H]2n1cnc2c(N)nc(NCCNC(=O)OCC[Si](C)(C)C)nc21.CC[NH+](CC)CC.CC[NH+](CC)CC. The van der Waals surface area contributed by atoms with E-state index in [4.69, 9.17) is 66.5 Å². The zero-order valence-corrected chi connectivity index (χ0v) is 55.2. The molecule has 8 heterocycles. The molecule has 4 aliphatic heterocycles. The average molecular weight is 1250 g/mol. The summed E-state index contributed by atoms with van der Waals surface area (Å²) in [6.07, 6.45) is -5.65. The molecule has 81 heavy (non-hydrogen) atoms. The Morgan fingerprint density at radius 2 is 1.56 bits per heavy atom. The number of quaternary nitrogens is 2. The molecule has 4 aromatic rings. The number of imidazole rings is 1. The van der Waals surface area contributed by atoms with E-state index in [-0.39, 0.29) is 41.1 Å². The summed E-state index contributed by atoms with van der Waals surface area (Å²) in [7, 11) is -4.12. The monoisotopic (exact) mass is 1250 g/mol. The van der Waals surface area contributed by atoms with Gasteiger partial charge >= 0.3 is 6.09 Å². The van der Waals surface area contributed by atoms with Gasteiger partial charge in [-0.25, -0.2) is 24.1 Å². The van der Waals surface area contributed by atoms with Crippen molar-refractivity contribution in [1.29, 1.82) is 0 Å². The number of nitrogens with one attached hydrogen (secondary N) is 5. The summed E-state index contributed by atoms with van der Waals surface area (Å²) in [5, 5.41) is 9.40. The van der Waals surface area contributed by atoms with Crippen LogP contribution in [-0.2, 0) is 71.8 Å². The predicted molar refractivity (Wildman–Crippen MR) is 321 cm³/mol. The van der Waals surface area contributed by atoms with Crippen molar-refractivity contribution >= 4 is 99.8 Å². The van der Waals surface area contributed by atoms with Crippen molar-refractivity contribution in [3.05, 3.63) is 24.4 Å². The largest absolute Gasteiger partial charge is 0.780 e. The third-order valence-electron chi connectivity index (χ3n) is 15.4. The molecule has 0 spiro atoms. The van der Waals surface area contributed by atoms with Crippen LogP contribution >= 0.6 is 13.5 Å². The molecule has 7 N–H and O–H groups in total.